The molecule has 0 atom stereocenters. The highest BCUT2D eigenvalue weighted by atomic mass is 32.2. The second-order valence-electron chi connectivity index (χ2n) is 2.59. The van der Waals surface area contributed by atoms with Crippen LogP contribution in [-0.4, -0.2) is 20.8 Å². The van der Waals surface area contributed by atoms with Gasteiger partial charge in [0.05, 0.1) is 0 Å². The summed E-state index contributed by atoms with van der Waals surface area (Å²) in [7, 11) is -2.36. The first-order chi connectivity index (χ1) is 6.24. The number of hydrogen-bond donors (Lipinski definition) is 1. The summed E-state index contributed by atoms with van der Waals surface area (Å²) in [5.74, 6) is 0.0731. The minimum atomic E-state index is -2.36. The Morgan fingerprint density at radius 1 is 1.54 bits per heavy atom. The summed E-state index contributed by atoms with van der Waals surface area (Å²) >= 11 is 0. The summed E-state index contributed by atoms with van der Waals surface area (Å²) in [5.41, 5.74) is 0.893. The van der Waals surface area contributed by atoms with E-state index in [9.17, 15) is 8.42 Å². The lowest BCUT2D eigenvalue weighted by Crippen LogP contribution is -2.24. The zero-order valence-corrected chi connectivity index (χ0v) is 8.33. The number of nitrogens with zero attached hydrogens (tertiary/aromatic N) is 1. The number of anilines is 1. The lowest BCUT2D eigenvalue weighted by atomic mass is 10.3. The lowest BCUT2D eigenvalue weighted by molar-refractivity contribution is 0.612. The molecule has 0 saturated carbocycles. The topological polar surface area (TPSA) is 37.4 Å². The summed E-state index contributed by atoms with van der Waals surface area (Å²) in [6.45, 7) is 2.60. The van der Waals surface area contributed by atoms with Gasteiger partial charge in [0.25, 0.3) is 0 Å². The predicted octanol–water partition coefficient (Wildman–Crippen LogP) is 0.882. The molecule has 0 saturated heterocycles. The average molecular weight is 198 g/mol. The Balaban J connectivity index is 2.78. The molecule has 0 unspecified atom stereocenters. The first-order valence-electron chi connectivity index (χ1n) is 4.07. The zero-order chi connectivity index (χ0) is 9.68. The monoisotopic (exact) mass is 198 g/mol. The SMILES string of the molecule is CCN(C[SH](=O)=O)c1c[c]ccc1. The van der Waals surface area contributed by atoms with Crippen LogP contribution in [0.1, 0.15) is 6.92 Å². The Bertz CT molecular complexity index is 314. The molecule has 0 bridgehead atoms. The molecule has 4 heteroatoms. The second kappa shape index (κ2) is 4.87. The molecule has 1 aromatic carbocycles. The van der Waals surface area contributed by atoms with Gasteiger partial charge in [0, 0.05) is 12.2 Å². The minimum Gasteiger partial charge on any atom is -0.358 e. The van der Waals surface area contributed by atoms with Gasteiger partial charge < -0.3 is 4.90 Å². The molecule has 1 aromatic rings. The van der Waals surface area contributed by atoms with Gasteiger partial charge in [0.1, 0.15) is 5.88 Å². The van der Waals surface area contributed by atoms with Crippen molar-refractivity contribution >= 4 is 16.4 Å². The first-order valence-corrected chi connectivity index (χ1v) is 5.43. The maximum Gasteiger partial charge on any atom is 0.158 e. The van der Waals surface area contributed by atoms with E-state index in [4.69, 9.17) is 0 Å². The third-order valence-corrected chi connectivity index (χ3v) is 2.30. The van der Waals surface area contributed by atoms with Gasteiger partial charge in [-0.2, -0.15) is 0 Å². The van der Waals surface area contributed by atoms with Crippen LogP contribution < -0.4 is 4.90 Å². The van der Waals surface area contributed by atoms with E-state index in [1.54, 1.807) is 17.0 Å². The van der Waals surface area contributed by atoms with E-state index in [1.165, 1.54) is 0 Å². The average Bonchev–Trinajstić information content (AvgIpc) is 2.15. The third kappa shape index (κ3) is 3.06. The van der Waals surface area contributed by atoms with Gasteiger partial charge in [-0.3, -0.25) is 0 Å². The second-order valence-corrected chi connectivity index (χ2v) is 3.54. The Kier molecular flexibility index (Phi) is 3.76. The maximum atomic E-state index is 10.5. The van der Waals surface area contributed by atoms with Gasteiger partial charge >= 0.3 is 0 Å². The molecule has 0 N–H and O–H groups in total. The van der Waals surface area contributed by atoms with Gasteiger partial charge in [-0.1, -0.05) is 12.1 Å². The fraction of sp³-hybridized carbons (Fsp3) is 0.333. The molecule has 0 aliphatic rings. The third-order valence-electron chi connectivity index (χ3n) is 1.72. The van der Waals surface area contributed by atoms with E-state index in [2.05, 4.69) is 6.07 Å². The van der Waals surface area contributed by atoms with E-state index >= 15 is 0 Å². The van der Waals surface area contributed by atoms with Crippen LogP contribution in [0.5, 0.6) is 0 Å². The van der Waals surface area contributed by atoms with Crippen LogP contribution in [0.2, 0.25) is 0 Å². The van der Waals surface area contributed by atoms with Crippen molar-refractivity contribution in [3.8, 4) is 0 Å². The number of thiol groups is 1. The molecule has 0 amide bonds. The van der Waals surface area contributed by atoms with Crippen molar-refractivity contribution in [3.63, 3.8) is 0 Å². The van der Waals surface area contributed by atoms with Crippen LogP contribution in [0.3, 0.4) is 0 Å². The van der Waals surface area contributed by atoms with Crippen LogP contribution in [0, 0.1) is 6.07 Å². The van der Waals surface area contributed by atoms with Crippen molar-refractivity contribution in [2.24, 2.45) is 0 Å². The Hall–Kier alpha value is -1.03. The van der Waals surface area contributed by atoms with E-state index in [1.807, 2.05) is 19.1 Å². The van der Waals surface area contributed by atoms with E-state index in [-0.39, 0.29) is 5.88 Å². The highest BCUT2D eigenvalue weighted by Crippen LogP contribution is 2.11. The van der Waals surface area contributed by atoms with Crippen molar-refractivity contribution in [1.82, 2.24) is 0 Å². The molecular formula is C9H12NO2S. The molecule has 1 rings (SSSR count). The fourth-order valence-electron chi connectivity index (χ4n) is 1.08. The summed E-state index contributed by atoms with van der Waals surface area (Å²) in [4.78, 5) is 1.78. The van der Waals surface area contributed by atoms with Crippen LogP contribution >= 0.6 is 0 Å². The molecule has 3 nitrogen and oxygen atoms in total. The molecule has 1 radical (unpaired) electrons. The Labute approximate surface area is 79.9 Å². The van der Waals surface area contributed by atoms with Crippen LogP contribution in [0.25, 0.3) is 0 Å². The highest BCUT2D eigenvalue weighted by molar-refractivity contribution is 7.72. The molecule has 0 heterocycles. The minimum absolute atomic E-state index is 0.0731. The van der Waals surface area contributed by atoms with Crippen molar-refractivity contribution in [3.05, 3.63) is 30.3 Å². The van der Waals surface area contributed by atoms with Gasteiger partial charge in [0.2, 0.25) is 0 Å². The van der Waals surface area contributed by atoms with Gasteiger partial charge in [-0.15, -0.1) is 0 Å². The summed E-state index contributed by atoms with van der Waals surface area (Å²) < 4.78 is 21.1. The van der Waals surface area contributed by atoms with Crippen LogP contribution in [-0.2, 0) is 10.7 Å². The van der Waals surface area contributed by atoms with Crippen LogP contribution in [0.4, 0.5) is 5.69 Å². The quantitative estimate of drug-likeness (QED) is 0.730. The normalized spacial score (nSPS) is 10.3. The fourth-order valence-corrected chi connectivity index (χ4v) is 1.73. The number of benzene rings is 1. The van der Waals surface area contributed by atoms with Gasteiger partial charge in [-0.25, -0.2) is 8.42 Å². The summed E-state index contributed by atoms with van der Waals surface area (Å²) in [5, 5.41) is 0. The number of rotatable bonds is 4. The van der Waals surface area contributed by atoms with Gasteiger partial charge in [0.15, 0.2) is 10.7 Å². The molecular weight excluding hydrogens is 186 g/mol. The lowest BCUT2D eigenvalue weighted by Gasteiger charge is -2.19. The van der Waals surface area contributed by atoms with E-state index in [0.717, 1.165) is 5.69 Å². The maximum absolute atomic E-state index is 10.5. The van der Waals surface area contributed by atoms with Crippen molar-refractivity contribution in [1.29, 1.82) is 0 Å². The molecule has 0 spiro atoms. The van der Waals surface area contributed by atoms with Gasteiger partial charge in [-0.05, 0) is 25.1 Å². The van der Waals surface area contributed by atoms with Crippen molar-refractivity contribution in [2.75, 3.05) is 17.3 Å². The molecule has 13 heavy (non-hydrogen) atoms. The van der Waals surface area contributed by atoms with E-state index < -0.39 is 10.7 Å². The van der Waals surface area contributed by atoms with Crippen molar-refractivity contribution < 1.29 is 8.42 Å². The molecule has 0 aliphatic heterocycles. The summed E-state index contributed by atoms with van der Waals surface area (Å²) in [6, 6.07) is 10.2. The summed E-state index contributed by atoms with van der Waals surface area (Å²) in [6.07, 6.45) is 0. The molecule has 0 fully saturated rings. The first kappa shape index (κ1) is 10.1. The molecule has 0 aliphatic carbocycles. The Morgan fingerprint density at radius 3 is 2.77 bits per heavy atom. The standard InChI is InChI=1S/C9H12NO2S/c1-2-10(8-13(11)12)9-6-4-3-5-7-9/h3-4,6-7,13H,2,8H2,1H3. The van der Waals surface area contributed by atoms with E-state index in [0.29, 0.717) is 6.54 Å². The number of hydrogen-bond acceptors (Lipinski definition) is 3. The smallest absolute Gasteiger partial charge is 0.158 e. The van der Waals surface area contributed by atoms with Crippen LogP contribution in [0.15, 0.2) is 24.3 Å². The highest BCUT2D eigenvalue weighted by Gasteiger charge is 2.02. The Morgan fingerprint density at radius 2 is 2.31 bits per heavy atom. The zero-order valence-electron chi connectivity index (χ0n) is 7.43. The predicted molar refractivity (Wildman–Crippen MR) is 53.5 cm³/mol. The van der Waals surface area contributed by atoms with Crippen molar-refractivity contribution in [2.45, 2.75) is 6.92 Å². The molecule has 71 valence electrons. The largest absolute Gasteiger partial charge is 0.358 e. The molecule has 0 aromatic heterocycles.